The maximum absolute atomic E-state index is 12.2. The minimum atomic E-state index is -3.66. The molecule has 1 N–H and O–H groups in total. The molecular weight excluding hydrogens is 332 g/mol. The lowest BCUT2D eigenvalue weighted by Crippen LogP contribution is -2.37. The summed E-state index contributed by atoms with van der Waals surface area (Å²) in [5.74, 6) is 0.602. The topological polar surface area (TPSA) is 102 Å². The van der Waals surface area contributed by atoms with Gasteiger partial charge in [-0.15, -0.1) is 0 Å². The van der Waals surface area contributed by atoms with E-state index < -0.39 is 10.0 Å². The molecule has 1 saturated heterocycles. The molecule has 130 valence electrons. The van der Waals surface area contributed by atoms with E-state index in [1.54, 1.807) is 17.7 Å². The number of nitrogens with zero attached hydrogens (tertiary/aromatic N) is 5. The van der Waals surface area contributed by atoms with Crippen LogP contribution in [0.4, 0.5) is 5.95 Å². The number of aromatic nitrogens is 4. The third kappa shape index (κ3) is 3.89. The zero-order chi connectivity index (χ0) is 17.2. The number of ether oxygens (including phenoxy) is 1. The van der Waals surface area contributed by atoms with Gasteiger partial charge >= 0.3 is 0 Å². The quantitative estimate of drug-likeness (QED) is 0.797. The second-order valence-electron chi connectivity index (χ2n) is 5.60. The van der Waals surface area contributed by atoms with Crippen molar-refractivity contribution in [3.8, 4) is 0 Å². The summed E-state index contributed by atoms with van der Waals surface area (Å²) in [6, 6.07) is 1.77. The maximum atomic E-state index is 12.2. The van der Waals surface area contributed by atoms with Crippen molar-refractivity contribution in [3.05, 3.63) is 30.0 Å². The van der Waals surface area contributed by atoms with Crippen LogP contribution in [0.1, 0.15) is 11.4 Å². The van der Waals surface area contributed by atoms with E-state index in [-0.39, 0.29) is 11.6 Å². The third-order valence-corrected chi connectivity index (χ3v) is 4.88. The number of hydrogen-bond donors (Lipinski definition) is 1. The van der Waals surface area contributed by atoms with Gasteiger partial charge in [0.15, 0.2) is 5.03 Å². The summed E-state index contributed by atoms with van der Waals surface area (Å²) in [5.41, 5.74) is 1.40. The summed E-state index contributed by atoms with van der Waals surface area (Å²) in [4.78, 5) is 14.8. The first-order chi connectivity index (χ1) is 11.4. The largest absolute Gasteiger partial charge is 0.378 e. The number of rotatable bonds is 5. The Balaban J connectivity index is 1.74. The molecule has 9 nitrogen and oxygen atoms in total. The maximum Gasteiger partial charge on any atom is 0.259 e. The Morgan fingerprint density at radius 2 is 2.04 bits per heavy atom. The molecule has 1 aliphatic heterocycles. The number of anilines is 1. The van der Waals surface area contributed by atoms with Gasteiger partial charge in [-0.25, -0.2) is 28.1 Å². The normalized spacial score (nSPS) is 15.7. The van der Waals surface area contributed by atoms with Crippen molar-refractivity contribution in [2.75, 3.05) is 31.2 Å². The van der Waals surface area contributed by atoms with Gasteiger partial charge in [0.25, 0.3) is 10.0 Å². The van der Waals surface area contributed by atoms with Crippen LogP contribution in [-0.2, 0) is 28.4 Å². The van der Waals surface area contributed by atoms with Crippen LogP contribution in [0.15, 0.2) is 23.6 Å². The summed E-state index contributed by atoms with van der Waals surface area (Å²) in [5, 5.41) is -0.0100. The molecule has 1 aliphatic rings. The first-order valence-electron chi connectivity index (χ1n) is 7.59. The molecular formula is C14H20N6O3S. The second kappa shape index (κ2) is 6.83. The first-order valence-corrected chi connectivity index (χ1v) is 9.07. The molecule has 0 unspecified atom stereocenters. The van der Waals surface area contributed by atoms with Crippen molar-refractivity contribution in [1.29, 1.82) is 0 Å². The number of aryl methyl sites for hydroxylation is 2. The second-order valence-corrected chi connectivity index (χ2v) is 7.32. The third-order valence-electron chi connectivity index (χ3n) is 3.59. The highest BCUT2D eigenvalue weighted by Gasteiger charge is 2.18. The zero-order valence-corrected chi connectivity index (χ0v) is 14.5. The van der Waals surface area contributed by atoms with E-state index >= 15 is 0 Å². The highest BCUT2D eigenvalue weighted by molar-refractivity contribution is 7.89. The average Bonchev–Trinajstić information content (AvgIpc) is 3.01. The van der Waals surface area contributed by atoms with E-state index in [1.165, 1.54) is 12.5 Å². The van der Waals surface area contributed by atoms with Crippen LogP contribution in [0.25, 0.3) is 0 Å². The lowest BCUT2D eigenvalue weighted by molar-refractivity contribution is 0.122. The number of hydrogen-bond acceptors (Lipinski definition) is 7. The van der Waals surface area contributed by atoms with Gasteiger partial charge in [-0.1, -0.05) is 0 Å². The molecule has 0 spiro atoms. The van der Waals surface area contributed by atoms with Gasteiger partial charge in [-0.05, 0) is 13.0 Å². The van der Waals surface area contributed by atoms with E-state index in [4.69, 9.17) is 4.74 Å². The minimum absolute atomic E-state index is 0.0100. The predicted octanol–water partition coefficient (Wildman–Crippen LogP) is -0.166. The molecule has 0 atom stereocenters. The Hall–Kier alpha value is -2.04. The van der Waals surface area contributed by atoms with Crippen LogP contribution in [0.3, 0.4) is 0 Å². The molecule has 0 radical (unpaired) electrons. The molecule has 0 saturated carbocycles. The van der Waals surface area contributed by atoms with Crippen molar-refractivity contribution >= 4 is 16.0 Å². The minimum Gasteiger partial charge on any atom is -0.378 e. The van der Waals surface area contributed by atoms with Gasteiger partial charge in [0, 0.05) is 32.0 Å². The molecule has 2 aromatic rings. The van der Waals surface area contributed by atoms with Crippen LogP contribution >= 0.6 is 0 Å². The van der Waals surface area contributed by atoms with Crippen molar-refractivity contribution in [3.63, 3.8) is 0 Å². The molecule has 3 heterocycles. The summed E-state index contributed by atoms with van der Waals surface area (Å²) < 4.78 is 33.9. The summed E-state index contributed by atoms with van der Waals surface area (Å²) in [7, 11) is -1.95. The van der Waals surface area contributed by atoms with Crippen molar-refractivity contribution in [2.24, 2.45) is 7.05 Å². The number of morpholine rings is 1. The molecule has 0 aliphatic carbocycles. The SMILES string of the molecule is Cc1cc(CNS(=O)(=O)c2cn(C)cn2)nc(N2CCOCC2)n1. The smallest absolute Gasteiger partial charge is 0.259 e. The van der Waals surface area contributed by atoms with Gasteiger partial charge in [-0.3, -0.25) is 0 Å². The van der Waals surface area contributed by atoms with Crippen molar-refractivity contribution in [2.45, 2.75) is 18.5 Å². The zero-order valence-electron chi connectivity index (χ0n) is 13.6. The van der Waals surface area contributed by atoms with E-state index in [0.717, 1.165) is 18.8 Å². The van der Waals surface area contributed by atoms with Crippen molar-refractivity contribution in [1.82, 2.24) is 24.2 Å². The van der Waals surface area contributed by atoms with Crippen LogP contribution in [0.5, 0.6) is 0 Å². The number of sulfonamides is 1. The predicted molar refractivity (Wildman–Crippen MR) is 87.0 cm³/mol. The van der Waals surface area contributed by atoms with Gasteiger partial charge in [0.1, 0.15) is 0 Å². The fourth-order valence-corrected chi connectivity index (χ4v) is 3.36. The van der Waals surface area contributed by atoms with Gasteiger partial charge in [0.2, 0.25) is 5.95 Å². The monoisotopic (exact) mass is 352 g/mol. The molecule has 1 fully saturated rings. The van der Waals surface area contributed by atoms with E-state index in [0.29, 0.717) is 24.9 Å². The van der Waals surface area contributed by atoms with Gasteiger partial charge in [0.05, 0.1) is 31.8 Å². The lowest BCUT2D eigenvalue weighted by atomic mass is 10.3. The molecule has 10 heteroatoms. The van der Waals surface area contributed by atoms with Crippen LogP contribution < -0.4 is 9.62 Å². The highest BCUT2D eigenvalue weighted by Crippen LogP contribution is 2.13. The Labute approximate surface area is 140 Å². The van der Waals surface area contributed by atoms with Crippen LogP contribution in [-0.4, -0.2) is 54.2 Å². The first kappa shape index (κ1) is 16.8. The fraction of sp³-hybridized carbons (Fsp3) is 0.500. The lowest BCUT2D eigenvalue weighted by Gasteiger charge is -2.27. The van der Waals surface area contributed by atoms with Crippen LogP contribution in [0.2, 0.25) is 0 Å². The van der Waals surface area contributed by atoms with Crippen LogP contribution in [0, 0.1) is 6.92 Å². The summed E-state index contributed by atoms with van der Waals surface area (Å²) in [6.45, 7) is 4.67. The fourth-order valence-electron chi connectivity index (χ4n) is 2.38. The van der Waals surface area contributed by atoms with E-state index in [1.807, 2.05) is 11.8 Å². The van der Waals surface area contributed by atoms with E-state index in [9.17, 15) is 8.42 Å². The molecule has 2 aromatic heterocycles. The molecule has 24 heavy (non-hydrogen) atoms. The molecule has 3 rings (SSSR count). The van der Waals surface area contributed by atoms with Crippen molar-refractivity contribution < 1.29 is 13.2 Å². The standard InChI is InChI=1S/C14H20N6O3S/c1-11-7-12(18-14(17-11)20-3-5-23-6-4-20)8-16-24(21,22)13-9-19(2)10-15-13/h7,9-10,16H,3-6,8H2,1-2H3. The molecule has 0 bridgehead atoms. The van der Waals surface area contributed by atoms with Gasteiger partial charge in [-0.2, -0.15) is 0 Å². The van der Waals surface area contributed by atoms with Gasteiger partial charge < -0.3 is 14.2 Å². The molecule has 0 aromatic carbocycles. The van der Waals surface area contributed by atoms with E-state index in [2.05, 4.69) is 19.7 Å². The molecule has 0 amide bonds. The number of nitrogens with one attached hydrogen (secondary N) is 1. The Kier molecular flexibility index (Phi) is 4.78. The average molecular weight is 352 g/mol. The highest BCUT2D eigenvalue weighted by atomic mass is 32.2. The Bertz CT molecular complexity index is 814. The Morgan fingerprint density at radius 1 is 1.29 bits per heavy atom. The number of imidazole rings is 1. The summed E-state index contributed by atoms with van der Waals surface area (Å²) in [6.07, 6.45) is 2.90. The Morgan fingerprint density at radius 3 is 2.71 bits per heavy atom. The summed E-state index contributed by atoms with van der Waals surface area (Å²) >= 11 is 0.